The van der Waals surface area contributed by atoms with E-state index < -0.39 is 10.0 Å². The van der Waals surface area contributed by atoms with Crippen molar-refractivity contribution in [3.05, 3.63) is 0 Å². The lowest BCUT2D eigenvalue weighted by Crippen LogP contribution is -2.51. The lowest BCUT2D eigenvalue weighted by atomic mass is 9.85. The normalized spacial score (nSPS) is 32.1. The maximum atomic E-state index is 12.5. The standard InChI is InChI=1S/C13H25N3O3S/c1-20(18,19)15-12-3-2-8-16(9-12)13(17)10-4-6-11(14)7-5-10/h10-12,15H,2-9,14H2,1H3. The molecule has 1 saturated carbocycles. The van der Waals surface area contributed by atoms with E-state index in [9.17, 15) is 13.2 Å². The van der Waals surface area contributed by atoms with Crippen LogP contribution in [0.3, 0.4) is 0 Å². The zero-order valence-corrected chi connectivity index (χ0v) is 12.9. The molecule has 1 heterocycles. The first-order valence-corrected chi connectivity index (χ1v) is 9.26. The first-order chi connectivity index (χ1) is 9.35. The highest BCUT2D eigenvalue weighted by atomic mass is 32.2. The van der Waals surface area contributed by atoms with Crippen LogP contribution in [0.15, 0.2) is 0 Å². The molecule has 0 aromatic heterocycles. The second kappa shape index (κ2) is 6.41. The van der Waals surface area contributed by atoms with Crippen LogP contribution in [0.1, 0.15) is 38.5 Å². The van der Waals surface area contributed by atoms with Gasteiger partial charge in [0.25, 0.3) is 0 Å². The van der Waals surface area contributed by atoms with Gasteiger partial charge >= 0.3 is 0 Å². The number of sulfonamides is 1. The summed E-state index contributed by atoms with van der Waals surface area (Å²) in [7, 11) is -3.21. The average molecular weight is 303 g/mol. The van der Waals surface area contributed by atoms with Crippen molar-refractivity contribution in [1.29, 1.82) is 0 Å². The summed E-state index contributed by atoms with van der Waals surface area (Å²) < 4.78 is 25.2. The van der Waals surface area contributed by atoms with Crippen LogP contribution < -0.4 is 10.5 Å². The lowest BCUT2D eigenvalue weighted by Gasteiger charge is -2.36. The van der Waals surface area contributed by atoms with Gasteiger partial charge in [-0.3, -0.25) is 4.79 Å². The van der Waals surface area contributed by atoms with E-state index in [-0.39, 0.29) is 23.9 Å². The van der Waals surface area contributed by atoms with Crippen LogP contribution >= 0.6 is 0 Å². The number of nitrogens with one attached hydrogen (secondary N) is 1. The molecule has 1 aliphatic carbocycles. The van der Waals surface area contributed by atoms with Crippen molar-refractivity contribution >= 4 is 15.9 Å². The van der Waals surface area contributed by atoms with E-state index in [2.05, 4.69) is 4.72 Å². The monoisotopic (exact) mass is 303 g/mol. The number of carbonyl (C=O) groups is 1. The SMILES string of the molecule is CS(=O)(=O)NC1CCCN(C(=O)C2CCC(N)CC2)C1. The largest absolute Gasteiger partial charge is 0.341 e. The smallest absolute Gasteiger partial charge is 0.225 e. The van der Waals surface area contributed by atoms with Crippen LogP contribution in [0, 0.1) is 5.92 Å². The Morgan fingerprint density at radius 3 is 2.45 bits per heavy atom. The van der Waals surface area contributed by atoms with Gasteiger partial charge in [0, 0.05) is 31.1 Å². The Balaban J connectivity index is 1.90. The molecule has 1 saturated heterocycles. The Morgan fingerprint density at radius 2 is 1.85 bits per heavy atom. The highest BCUT2D eigenvalue weighted by molar-refractivity contribution is 7.88. The van der Waals surface area contributed by atoms with E-state index in [1.54, 1.807) is 0 Å². The number of nitrogens with zero attached hydrogens (tertiary/aromatic N) is 1. The molecular formula is C13H25N3O3S. The van der Waals surface area contributed by atoms with E-state index >= 15 is 0 Å². The zero-order valence-electron chi connectivity index (χ0n) is 12.0. The molecule has 0 bridgehead atoms. The summed E-state index contributed by atoms with van der Waals surface area (Å²) in [6.07, 6.45) is 6.36. The van der Waals surface area contributed by atoms with Gasteiger partial charge < -0.3 is 10.6 Å². The summed E-state index contributed by atoms with van der Waals surface area (Å²) in [6, 6.07) is 0.0913. The molecule has 1 unspecified atom stereocenters. The molecular weight excluding hydrogens is 278 g/mol. The molecule has 0 aromatic carbocycles. The Bertz CT molecular complexity index is 444. The molecule has 2 aliphatic rings. The lowest BCUT2D eigenvalue weighted by molar-refractivity contribution is -0.137. The molecule has 2 fully saturated rings. The fourth-order valence-corrected chi connectivity index (χ4v) is 4.00. The molecule has 1 atom stereocenters. The Hall–Kier alpha value is -0.660. The summed E-state index contributed by atoms with van der Waals surface area (Å²) in [6.45, 7) is 1.23. The quantitative estimate of drug-likeness (QED) is 0.770. The van der Waals surface area contributed by atoms with Crippen molar-refractivity contribution in [3.8, 4) is 0 Å². The maximum Gasteiger partial charge on any atom is 0.225 e. The second-order valence-electron chi connectivity index (χ2n) is 6.13. The van der Waals surface area contributed by atoms with Crippen LogP contribution in [0.4, 0.5) is 0 Å². The van der Waals surface area contributed by atoms with Gasteiger partial charge in [-0.05, 0) is 38.5 Å². The van der Waals surface area contributed by atoms with Gasteiger partial charge in [-0.15, -0.1) is 0 Å². The molecule has 6 nitrogen and oxygen atoms in total. The van der Waals surface area contributed by atoms with Crippen LogP contribution in [0.5, 0.6) is 0 Å². The third-order valence-electron chi connectivity index (χ3n) is 4.23. The zero-order chi connectivity index (χ0) is 14.8. The first kappa shape index (κ1) is 15.7. The van der Waals surface area contributed by atoms with Gasteiger partial charge in [0.15, 0.2) is 0 Å². The number of likely N-dealkylation sites (tertiary alicyclic amines) is 1. The Morgan fingerprint density at radius 1 is 1.20 bits per heavy atom. The predicted octanol–water partition coefficient (Wildman–Crippen LogP) is 0.0441. The van der Waals surface area contributed by atoms with Crippen molar-refractivity contribution in [2.24, 2.45) is 11.7 Å². The number of rotatable bonds is 3. The first-order valence-electron chi connectivity index (χ1n) is 7.37. The van der Waals surface area contributed by atoms with Gasteiger partial charge in [0.1, 0.15) is 0 Å². The number of amides is 1. The van der Waals surface area contributed by atoms with Crippen LogP contribution in [-0.2, 0) is 14.8 Å². The van der Waals surface area contributed by atoms with E-state index in [0.29, 0.717) is 6.54 Å². The molecule has 3 N–H and O–H groups in total. The third-order valence-corrected chi connectivity index (χ3v) is 5.00. The maximum absolute atomic E-state index is 12.5. The Kier molecular flexibility index (Phi) is 5.04. The van der Waals surface area contributed by atoms with Gasteiger partial charge in [0.2, 0.25) is 15.9 Å². The molecule has 0 spiro atoms. The van der Waals surface area contributed by atoms with Crippen molar-refractivity contribution < 1.29 is 13.2 Å². The minimum atomic E-state index is -3.21. The van der Waals surface area contributed by atoms with E-state index in [4.69, 9.17) is 5.73 Å². The van der Waals surface area contributed by atoms with Crippen molar-refractivity contribution in [1.82, 2.24) is 9.62 Å². The number of piperidine rings is 1. The minimum Gasteiger partial charge on any atom is -0.341 e. The fourth-order valence-electron chi connectivity index (χ4n) is 3.20. The summed E-state index contributed by atoms with van der Waals surface area (Å²) in [5.74, 6) is 0.253. The summed E-state index contributed by atoms with van der Waals surface area (Å²) >= 11 is 0. The number of carbonyl (C=O) groups excluding carboxylic acids is 1. The minimum absolute atomic E-state index is 0.0757. The van der Waals surface area contributed by atoms with Crippen molar-refractivity contribution in [3.63, 3.8) is 0 Å². The Labute approximate surface area is 121 Å². The molecule has 0 aromatic rings. The molecule has 1 amide bonds. The topological polar surface area (TPSA) is 92.5 Å². The second-order valence-corrected chi connectivity index (χ2v) is 7.91. The molecule has 1 aliphatic heterocycles. The van der Waals surface area contributed by atoms with Crippen molar-refractivity contribution in [2.75, 3.05) is 19.3 Å². The van der Waals surface area contributed by atoms with Crippen molar-refractivity contribution in [2.45, 2.75) is 50.6 Å². The molecule has 2 rings (SSSR count). The predicted molar refractivity (Wildman–Crippen MR) is 77.5 cm³/mol. The van der Waals surface area contributed by atoms with Crippen LogP contribution in [-0.4, -0.2) is 50.7 Å². The van der Waals surface area contributed by atoms with E-state index in [0.717, 1.165) is 51.3 Å². The summed E-state index contributed by atoms with van der Waals surface area (Å²) in [5.41, 5.74) is 5.87. The van der Waals surface area contributed by atoms with Gasteiger partial charge in [-0.1, -0.05) is 0 Å². The average Bonchev–Trinajstić information content (AvgIpc) is 2.37. The molecule has 116 valence electrons. The fraction of sp³-hybridized carbons (Fsp3) is 0.923. The highest BCUT2D eigenvalue weighted by Crippen LogP contribution is 2.26. The van der Waals surface area contributed by atoms with Gasteiger partial charge in [-0.2, -0.15) is 0 Å². The number of hydrogen-bond acceptors (Lipinski definition) is 4. The molecule has 20 heavy (non-hydrogen) atoms. The van der Waals surface area contributed by atoms with Crippen LogP contribution in [0.25, 0.3) is 0 Å². The highest BCUT2D eigenvalue weighted by Gasteiger charge is 2.31. The summed E-state index contributed by atoms with van der Waals surface area (Å²) in [4.78, 5) is 14.3. The molecule has 0 radical (unpaired) electrons. The van der Waals surface area contributed by atoms with E-state index in [1.165, 1.54) is 0 Å². The van der Waals surface area contributed by atoms with E-state index in [1.807, 2.05) is 4.90 Å². The number of nitrogens with two attached hydrogens (primary N) is 1. The van der Waals surface area contributed by atoms with Crippen LogP contribution in [0.2, 0.25) is 0 Å². The molecule has 7 heteroatoms. The summed E-state index contributed by atoms with van der Waals surface area (Å²) in [5, 5.41) is 0. The van der Waals surface area contributed by atoms with Gasteiger partial charge in [-0.25, -0.2) is 13.1 Å². The third kappa shape index (κ3) is 4.43. The number of hydrogen-bond donors (Lipinski definition) is 2. The van der Waals surface area contributed by atoms with Gasteiger partial charge in [0.05, 0.1) is 6.26 Å².